The van der Waals surface area contributed by atoms with Gasteiger partial charge in [0, 0.05) is 17.8 Å². The van der Waals surface area contributed by atoms with Gasteiger partial charge in [-0.2, -0.15) is 5.10 Å². The highest BCUT2D eigenvalue weighted by Crippen LogP contribution is 2.41. The molecule has 0 aromatic heterocycles. The average Bonchev–Trinajstić information content (AvgIpc) is 2.98. The fourth-order valence-electron chi connectivity index (χ4n) is 2.42. The summed E-state index contributed by atoms with van der Waals surface area (Å²) in [6.45, 7) is 5.38. The summed E-state index contributed by atoms with van der Waals surface area (Å²) >= 11 is 0. The molecule has 1 aliphatic heterocycles. The van der Waals surface area contributed by atoms with Crippen LogP contribution in [0.25, 0.3) is 0 Å². The monoisotopic (exact) mass is 221 g/mol. The minimum Gasteiger partial charge on any atom is -0.311 e. The summed E-state index contributed by atoms with van der Waals surface area (Å²) in [7, 11) is 0. The van der Waals surface area contributed by atoms with Crippen LogP contribution in [0.2, 0.25) is 0 Å². The van der Waals surface area contributed by atoms with Gasteiger partial charge in [0.1, 0.15) is 0 Å². The Morgan fingerprint density at radius 3 is 3.06 bits per heavy atom. The minimum atomic E-state index is 0.486. The van der Waals surface area contributed by atoms with Crippen molar-refractivity contribution in [3.05, 3.63) is 11.6 Å². The standard InChI is InChI=1S/C13H23N3/c1-3-4-11(2)10-15-16-12-5-8-14-13(9-12)6-7-13/h4,10,12,14,16H,3,5-9H2,1-2H3/b11-4+,15-10-/t12-/m0/s1. The lowest BCUT2D eigenvalue weighted by atomic mass is 9.98. The third kappa shape index (κ3) is 3.08. The number of hydrogen-bond acceptors (Lipinski definition) is 3. The summed E-state index contributed by atoms with van der Waals surface area (Å²) in [4.78, 5) is 0. The number of piperidine rings is 1. The zero-order valence-corrected chi connectivity index (χ0v) is 10.4. The second-order valence-electron chi connectivity index (χ2n) is 5.14. The summed E-state index contributed by atoms with van der Waals surface area (Å²) < 4.78 is 0. The molecule has 2 rings (SSSR count). The van der Waals surface area contributed by atoms with Crippen molar-refractivity contribution in [2.75, 3.05) is 6.54 Å². The molecule has 1 spiro atoms. The number of hydrogen-bond donors (Lipinski definition) is 2. The maximum atomic E-state index is 4.34. The number of nitrogens with zero attached hydrogens (tertiary/aromatic N) is 1. The van der Waals surface area contributed by atoms with Crippen LogP contribution in [0.1, 0.15) is 46.0 Å². The fourth-order valence-corrected chi connectivity index (χ4v) is 2.42. The van der Waals surface area contributed by atoms with Crippen LogP contribution >= 0.6 is 0 Å². The maximum absolute atomic E-state index is 4.34. The van der Waals surface area contributed by atoms with E-state index < -0.39 is 0 Å². The number of hydrazone groups is 1. The fraction of sp³-hybridized carbons (Fsp3) is 0.769. The van der Waals surface area contributed by atoms with Gasteiger partial charge in [-0.05, 0) is 51.1 Å². The summed E-state index contributed by atoms with van der Waals surface area (Å²) in [6.07, 6.45) is 10.3. The van der Waals surface area contributed by atoms with Crippen molar-refractivity contribution in [2.45, 2.75) is 57.5 Å². The third-order valence-corrected chi connectivity index (χ3v) is 3.53. The van der Waals surface area contributed by atoms with Crippen LogP contribution in [-0.4, -0.2) is 24.3 Å². The van der Waals surface area contributed by atoms with Crippen molar-refractivity contribution in [1.82, 2.24) is 10.7 Å². The van der Waals surface area contributed by atoms with Gasteiger partial charge in [-0.15, -0.1) is 0 Å². The average molecular weight is 221 g/mol. The molecular formula is C13H23N3. The van der Waals surface area contributed by atoms with Gasteiger partial charge in [0.25, 0.3) is 0 Å². The highest BCUT2D eigenvalue weighted by Gasteiger charge is 2.45. The quantitative estimate of drug-likeness (QED) is 0.564. The van der Waals surface area contributed by atoms with Crippen LogP contribution in [0.15, 0.2) is 16.8 Å². The van der Waals surface area contributed by atoms with Crippen molar-refractivity contribution in [3.8, 4) is 0 Å². The van der Waals surface area contributed by atoms with Crippen LogP contribution < -0.4 is 10.7 Å². The van der Waals surface area contributed by atoms with E-state index >= 15 is 0 Å². The van der Waals surface area contributed by atoms with Gasteiger partial charge in [0.05, 0.1) is 0 Å². The Bertz CT molecular complexity index is 290. The zero-order chi connectivity index (χ0) is 11.4. The molecule has 3 nitrogen and oxygen atoms in total. The van der Waals surface area contributed by atoms with Crippen molar-refractivity contribution in [1.29, 1.82) is 0 Å². The van der Waals surface area contributed by atoms with E-state index in [-0.39, 0.29) is 0 Å². The predicted molar refractivity (Wildman–Crippen MR) is 68.7 cm³/mol. The normalized spacial score (nSPS) is 28.6. The van der Waals surface area contributed by atoms with E-state index in [1.165, 1.54) is 31.3 Å². The summed E-state index contributed by atoms with van der Waals surface area (Å²) in [5, 5.41) is 7.95. The first-order valence-electron chi connectivity index (χ1n) is 6.44. The molecule has 2 fully saturated rings. The van der Waals surface area contributed by atoms with Gasteiger partial charge in [0.2, 0.25) is 0 Å². The SMILES string of the molecule is CC/C=C(C)/C=N\N[C@H]1CCNC2(CC2)C1. The third-order valence-electron chi connectivity index (χ3n) is 3.53. The first-order valence-corrected chi connectivity index (χ1v) is 6.44. The van der Waals surface area contributed by atoms with Crippen LogP contribution in [0, 0.1) is 0 Å². The van der Waals surface area contributed by atoms with Crippen molar-refractivity contribution in [3.63, 3.8) is 0 Å². The molecular weight excluding hydrogens is 198 g/mol. The topological polar surface area (TPSA) is 36.4 Å². The van der Waals surface area contributed by atoms with Gasteiger partial charge in [-0.25, -0.2) is 0 Å². The van der Waals surface area contributed by atoms with E-state index in [4.69, 9.17) is 0 Å². The molecule has 1 aliphatic carbocycles. The Hall–Kier alpha value is -0.830. The minimum absolute atomic E-state index is 0.486. The second kappa shape index (κ2) is 5.00. The largest absolute Gasteiger partial charge is 0.311 e. The molecule has 16 heavy (non-hydrogen) atoms. The van der Waals surface area contributed by atoms with Crippen LogP contribution in [0.3, 0.4) is 0 Å². The Morgan fingerprint density at radius 1 is 1.56 bits per heavy atom. The predicted octanol–water partition coefficient (Wildman–Crippen LogP) is 2.20. The molecule has 2 aliphatic rings. The molecule has 0 amide bonds. The van der Waals surface area contributed by atoms with Gasteiger partial charge in [-0.3, -0.25) is 0 Å². The van der Waals surface area contributed by atoms with E-state index in [1.54, 1.807) is 0 Å². The maximum Gasteiger partial charge on any atom is 0.0494 e. The molecule has 1 saturated heterocycles. The Kier molecular flexibility index (Phi) is 3.64. The van der Waals surface area contributed by atoms with Crippen molar-refractivity contribution >= 4 is 6.21 Å². The molecule has 1 atom stereocenters. The molecule has 1 heterocycles. The number of rotatable bonds is 4. The zero-order valence-electron chi connectivity index (χ0n) is 10.4. The summed E-state index contributed by atoms with van der Waals surface area (Å²) in [5.41, 5.74) is 5.02. The van der Waals surface area contributed by atoms with Crippen molar-refractivity contribution < 1.29 is 0 Å². The Balaban J connectivity index is 1.75. The highest BCUT2D eigenvalue weighted by molar-refractivity contribution is 5.77. The van der Waals surface area contributed by atoms with Gasteiger partial charge >= 0.3 is 0 Å². The number of allylic oxidation sites excluding steroid dienone is 2. The van der Waals surface area contributed by atoms with E-state index in [0.717, 1.165) is 13.0 Å². The van der Waals surface area contributed by atoms with E-state index in [0.29, 0.717) is 11.6 Å². The Morgan fingerprint density at radius 2 is 2.38 bits per heavy atom. The summed E-state index contributed by atoms with van der Waals surface area (Å²) in [5.74, 6) is 0. The molecule has 0 aromatic rings. The molecule has 0 radical (unpaired) electrons. The summed E-state index contributed by atoms with van der Waals surface area (Å²) in [6, 6.07) is 0.564. The lowest BCUT2D eigenvalue weighted by Gasteiger charge is -2.30. The van der Waals surface area contributed by atoms with Gasteiger partial charge in [-0.1, -0.05) is 13.0 Å². The molecule has 1 saturated carbocycles. The van der Waals surface area contributed by atoms with E-state index in [9.17, 15) is 0 Å². The Labute approximate surface area is 98.4 Å². The number of nitrogens with one attached hydrogen (secondary N) is 2. The molecule has 3 heteroatoms. The van der Waals surface area contributed by atoms with Crippen LogP contribution in [0.5, 0.6) is 0 Å². The smallest absolute Gasteiger partial charge is 0.0494 e. The van der Waals surface area contributed by atoms with E-state index in [1.807, 2.05) is 6.21 Å². The first kappa shape index (κ1) is 11.6. The van der Waals surface area contributed by atoms with Crippen molar-refractivity contribution in [2.24, 2.45) is 5.10 Å². The van der Waals surface area contributed by atoms with Gasteiger partial charge in [0.15, 0.2) is 0 Å². The molecule has 2 N–H and O–H groups in total. The molecule has 0 unspecified atom stereocenters. The highest BCUT2D eigenvalue weighted by atomic mass is 15.3. The molecule has 90 valence electrons. The second-order valence-corrected chi connectivity index (χ2v) is 5.14. The lowest BCUT2D eigenvalue weighted by Crippen LogP contribution is -2.46. The lowest BCUT2D eigenvalue weighted by molar-refractivity contribution is 0.309. The van der Waals surface area contributed by atoms with Crippen LogP contribution in [-0.2, 0) is 0 Å². The first-order chi connectivity index (χ1) is 7.74. The van der Waals surface area contributed by atoms with Gasteiger partial charge < -0.3 is 10.7 Å². The van der Waals surface area contributed by atoms with Crippen LogP contribution in [0.4, 0.5) is 0 Å². The molecule has 0 bridgehead atoms. The molecule has 0 aromatic carbocycles. The van der Waals surface area contributed by atoms with E-state index in [2.05, 4.69) is 35.8 Å².